The lowest BCUT2D eigenvalue weighted by Gasteiger charge is -2.31. The SMILES string of the molecule is CCOC(=O)c1ccc(C2CNCC(NC(=O)c3ccccc3)C2)cc1. The second-order valence-corrected chi connectivity index (χ2v) is 6.47. The molecule has 1 saturated heterocycles. The van der Waals surface area contributed by atoms with Crippen LogP contribution in [-0.4, -0.2) is 37.6 Å². The fraction of sp³-hybridized carbons (Fsp3) is 0.333. The Bertz CT molecular complexity index is 744. The van der Waals surface area contributed by atoms with E-state index in [4.69, 9.17) is 4.74 Å². The topological polar surface area (TPSA) is 67.4 Å². The van der Waals surface area contributed by atoms with Crippen LogP contribution in [0.5, 0.6) is 0 Å². The van der Waals surface area contributed by atoms with Crippen molar-refractivity contribution < 1.29 is 14.3 Å². The number of esters is 1. The predicted octanol–water partition coefficient (Wildman–Crippen LogP) is 2.74. The van der Waals surface area contributed by atoms with Crippen LogP contribution in [0.4, 0.5) is 0 Å². The number of carbonyl (C=O) groups excluding carboxylic acids is 2. The normalized spacial score (nSPS) is 19.6. The molecule has 1 amide bonds. The van der Waals surface area contributed by atoms with Gasteiger partial charge in [-0.3, -0.25) is 4.79 Å². The number of benzene rings is 2. The Morgan fingerprint density at radius 2 is 1.77 bits per heavy atom. The molecule has 0 saturated carbocycles. The monoisotopic (exact) mass is 352 g/mol. The lowest BCUT2D eigenvalue weighted by molar-refractivity contribution is 0.0526. The molecule has 0 radical (unpaired) electrons. The first kappa shape index (κ1) is 18.1. The zero-order valence-electron chi connectivity index (χ0n) is 14.9. The van der Waals surface area contributed by atoms with Gasteiger partial charge in [0.15, 0.2) is 0 Å². The summed E-state index contributed by atoms with van der Waals surface area (Å²) in [7, 11) is 0. The van der Waals surface area contributed by atoms with Crippen molar-refractivity contribution in [2.75, 3.05) is 19.7 Å². The van der Waals surface area contributed by atoms with Gasteiger partial charge < -0.3 is 15.4 Å². The molecule has 1 aliphatic heterocycles. The summed E-state index contributed by atoms with van der Waals surface area (Å²) in [6.45, 7) is 3.78. The Kier molecular flexibility index (Phi) is 6.02. The number of carbonyl (C=O) groups is 2. The Hall–Kier alpha value is -2.66. The van der Waals surface area contributed by atoms with Gasteiger partial charge in [-0.1, -0.05) is 30.3 Å². The molecule has 3 rings (SSSR count). The molecule has 5 heteroatoms. The van der Waals surface area contributed by atoms with Crippen molar-refractivity contribution >= 4 is 11.9 Å². The quantitative estimate of drug-likeness (QED) is 0.812. The average molecular weight is 352 g/mol. The van der Waals surface area contributed by atoms with Crippen LogP contribution in [-0.2, 0) is 4.74 Å². The molecule has 5 nitrogen and oxygen atoms in total. The number of hydrogen-bond acceptors (Lipinski definition) is 4. The maximum Gasteiger partial charge on any atom is 0.338 e. The van der Waals surface area contributed by atoms with E-state index in [9.17, 15) is 9.59 Å². The summed E-state index contributed by atoms with van der Waals surface area (Å²) >= 11 is 0. The van der Waals surface area contributed by atoms with E-state index in [-0.39, 0.29) is 17.9 Å². The van der Waals surface area contributed by atoms with E-state index in [1.807, 2.05) is 42.5 Å². The van der Waals surface area contributed by atoms with E-state index in [1.54, 1.807) is 19.1 Å². The summed E-state index contributed by atoms with van der Waals surface area (Å²) in [5.41, 5.74) is 2.39. The van der Waals surface area contributed by atoms with Crippen molar-refractivity contribution in [3.05, 3.63) is 71.3 Å². The van der Waals surface area contributed by atoms with Crippen molar-refractivity contribution in [3.8, 4) is 0 Å². The fourth-order valence-corrected chi connectivity index (χ4v) is 3.27. The average Bonchev–Trinajstić information content (AvgIpc) is 2.69. The van der Waals surface area contributed by atoms with Gasteiger partial charge in [0.25, 0.3) is 5.91 Å². The van der Waals surface area contributed by atoms with E-state index in [0.29, 0.717) is 23.7 Å². The third-order valence-corrected chi connectivity index (χ3v) is 4.61. The number of nitrogens with one attached hydrogen (secondary N) is 2. The lowest BCUT2D eigenvalue weighted by Crippen LogP contribution is -2.48. The van der Waals surface area contributed by atoms with Crippen LogP contribution in [0.3, 0.4) is 0 Å². The summed E-state index contributed by atoms with van der Waals surface area (Å²) < 4.78 is 5.02. The van der Waals surface area contributed by atoms with Crippen LogP contribution in [0.25, 0.3) is 0 Å². The number of piperidine rings is 1. The summed E-state index contributed by atoms with van der Waals surface area (Å²) in [6, 6.07) is 16.9. The van der Waals surface area contributed by atoms with E-state index < -0.39 is 0 Å². The molecule has 26 heavy (non-hydrogen) atoms. The molecule has 2 atom stereocenters. The van der Waals surface area contributed by atoms with Gasteiger partial charge in [0.05, 0.1) is 12.2 Å². The minimum absolute atomic E-state index is 0.0456. The van der Waals surface area contributed by atoms with Gasteiger partial charge in [-0.2, -0.15) is 0 Å². The maximum absolute atomic E-state index is 12.3. The van der Waals surface area contributed by atoms with Gasteiger partial charge in [-0.15, -0.1) is 0 Å². The van der Waals surface area contributed by atoms with Gasteiger partial charge in [0, 0.05) is 24.7 Å². The van der Waals surface area contributed by atoms with Gasteiger partial charge in [0.1, 0.15) is 0 Å². The molecule has 2 N–H and O–H groups in total. The van der Waals surface area contributed by atoms with Crippen molar-refractivity contribution in [1.82, 2.24) is 10.6 Å². The minimum atomic E-state index is -0.297. The number of hydrogen-bond donors (Lipinski definition) is 2. The molecule has 0 aliphatic carbocycles. The first-order valence-electron chi connectivity index (χ1n) is 9.01. The minimum Gasteiger partial charge on any atom is -0.462 e. The summed E-state index contributed by atoms with van der Waals surface area (Å²) in [6.07, 6.45) is 0.865. The second kappa shape index (κ2) is 8.63. The molecule has 0 spiro atoms. The highest BCUT2D eigenvalue weighted by atomic mass is 16.5. The molecule has 0 aromatic heterocycles. The molecule has 1 heterocycles. The van der Waals surface area contributed by atoms with Crippen LogP contribution in [0.2, 0.25) is 0 Å². The van der Waals surface area contributed by atoms with E-state index in [0.717, 1.165) is 25.1 Å². The maximum atomic E-state index is 12.3. The number of ether oxygens (including phenoxy) is 1. The smallest absolute Gasteiger partial charge is 0.338 e. The van der Waals surface area contributed by atoms with Crippen molar-refractivity contribution in [3.63, 3.8) is 0 Å². The molecule has 2 aromatic carbocycles. The molecule has 0 bridgehead atoms. The first-order chi connectivity index (χ1) is 12.7. The fourth-order valence-electron chi connectivity index (χ4n) is 3.27. The standard InChI is InChI=1S/C21H24N2O3/c1-2-26-21(25)17-10-8-15(9-11-17)18-12-19(14-22-13-18)23-20(24)16-6-4-3-5-7-16/h3-11,18-19,22H,2,12-14H2,1H3,(H,23,24). The largest absolute Gasteiger partial charge is 0.462 e. The molecular weight excluding hydrogens is 328 g/mol. The van der Waals surface area contributed by atoms with Crippen LogP contribution < -0.4 is 10.6 Å². The van der Waals surface area contributed by atoms with Crippen LogP contribution in [0.1, 0.15) is 45.5 Å². The molecule has 1 fully saturated rings. The lowest BCUT2D eigenvalue weighted by atomic mass is 9.88. The first-order valence-corrected chi connectivity index (χ1v) is 9.01. The van der Waals surface area contributed by atoms with Gasteiger partial charge in [-0.05, 0) is 49.1 Å². The van der Waals surface area contributed by atoms with Crippen LogP contribution >= 0.6 is 0 Å². The van der Waals surface area contributed by atoms with Gasteiger partial charge in [0.2, 0.25) is 0 Å². The van der Waals surface area contributed by atoms with Gasteiger partial charge >= 0.3 is 5.97 Å². The third kappa shape index (κ3) is 4.49. The summed E-state index contributed by atoms with van der Waals surface area (Å²) in [5, 5.41) is 6.50. The summed E-state index contributed by atoms with van der Waals surface area (Å²) in [4.78, 5) is 24.1. The van der Waals surface area contributed by atoms with E-state index >= 15 is 0 Å². The Morgan fingerprint density at radius 1 is 1.04 bits per heavy atom. The highest BCUT2D eigenvalue weighted by molar-refractivity contribution is 5.94. The van der Waals surface area contributed by atoms with Crippen molar-refractivity contribution in [1.29, 1.82) is 0 Å². The molecule has 2 aromatic rings. The van der Waals surface area contributed by atoms with Crippen molar-refractivity contribution in [2.24, 2.45) is 0 Å². The second-order valence-electron chi connectivity index (χ2n) is 6.47. The number of rotatable bonds is 5. The van der Waals surface area contributed by atoms with Crippen LogP contribution in [0, 0.1) is 0 Å². The third-order valence-electron chi connectivity index (χ3n) is 4.61. The number of amides is 1. The Balaban J connectivity index is 1.61. The zero-order valence-corrected chi connectivity index (χ0v) is 14.9. The van der Waals surface area contributed by atoms with E-state index in [2.05, 4.69) is 10.6 Å². The molecule has 2 unspecified atom stereocenters. The molecular formula is C21H24N2O3. The highest BCUT2D eigenvalue weighted by Gasteiger charge is 2.24. The van der Waals surface area contributed by atoms with Crippen molar-refractivity contribution in [2.45, 2.75) is 25.3 Å². The van der Waals surface area contributed by atoms with E-state index in [1.165, 1.54) is 0 Å². The molecule has 1 aliphatic rings. The summed E-state index contributed by atoms with van der Waals surface area (Å²) in [5.74, 6) is -0.0504. The highest BCUT2D eigenvalue weighted by Crippen LogP contribution is 2.24. The Morgan fingerprint density at radius 3 is 2.46 bits per heavy atom. The molecule has 136 valence electrons. The Labute approximate surface area is 153 Å². The van der Waals surface area contributed by atoms with Crippen LogP contribution in [0.15, 0.2) is 54.6 Å². The van der Waals surface area contributed by atoms with Gasteiger partial charge in [-0.25, -0.2) is 4.79 Å². The predicted molar refractivity (Wildman–Crippen MR) is 100 cm³/mol. The zero-order chi connectivity index (χ0) is 18.4.